The van der Waals surface area contributed by atoms with Gasteiger partial charge in [0.05, 0.1) is 22.4 Å². The van der Waals surface area contributed by atoms with Gasteiger partial charge >= 0.3 is 0 Å². The Morgan fingerprint density at radius 1 is 0.939 bits per heavy atom. The van der Waals surface area contributed by atoms with E-state index in [1.54, 1.807) is 24.3 Å². The van der Waals surface area contributed by atoms with E-state index in [4.69, 9.17) is 19.4 Å². The lowest BCUT2D eigenvalue weighted by Gasteiger charge is -2.39. The normalized spacial score (nSPS) is 25.7. The van der Waals surface area contributed by atoms with E-state index >= 15 is 0 Å². The zero-order valence-corrected chi connectivity index (χ0v) is 18.6. The molecule has 2 amide bonds. The van der Waals surface area contributed by atoms with Gasteiger partial charge in [-0.2, -0.15) is 0 Å². The molecule has 1 fully saturated rings. The number of carbonyl (C=O) groups excluding carboxylic acids is 2. The molecular formula is C24H23N5O4. The van der Waals surface area contributed by atoms with Gasteiger partial charge < -0.3 is 9.47 Å². The van der Waals surface area contributed by atoms with Crippen LogP contribution in [0.1, 0.15) is 55.5 Å². The zero-order chi connectivity index (χ0) is 23.0. The van der Waals surface area contributed by atoms with E-state index in [1.807, 2.05) is 6.07 Å². The summed E-state index contributed by atoms with van der Waals surface area (Å²) < 4.78 is 11.0. The first-order valence-corrected chi connectivity index (χ1v) is 10.9. The second-order valence-corrected chi connectivity index (χ2v) is 9.60. The van der Waals surface area contributed by atoms with Crippen LogP contribution in [0.15, 0.2) is 36.5 Å². The van der Waals surface area contributed by atoms with Crippen LogP contribution in [0.25, 0.3) is 11.0 Å². The summed E-state index contributed by atoms with van der Waals surface area (Å²) in [6, 6.07) is 8.67. The fourth-order valence-electron chi connectivity index (χ4n) is 5.78. The van der Waals surface area contributed by atoms with Crippen LogP contribution < -0.4 is 20.3 Å². The number of amides is 2. The molecule has 2 aromatic heterocycles. The minimum Gasteiger partial charge on any atom is -0.454 e. The summed E-state index contributed by atoms with van der Waals surface area (Å²) in [6.07, 6.45) is 2.93. The molecule has 1 aliphatic heterocycles. The van der Waals surface area contributed by atoms with Gasteiger partial charge in [0.1, 0.15) is 11.1 Å². The van der Waals surface area contributed by atoms with Crippen molar-refractivity contribution in [1.29, 1.82) is 0 Å². The average Bonchev–Trinajstić information content (AvgIpc) is 3.39. The van der Waals surface area contributed by atoms with Crippen molar-refractivity contribution in [1.82, 2.24) is 25.8 Å². The summed E-state index contributed by atoms with van der Waals surface area (Å²) >= 11 is 0. The van der Waals surface area contributed by atoms with Crippen molar-refractivity contribution in [3.05, 3.63) is 53.6 Å². The first kappa shape index (κ1) is 19.9. The molecule has 3 heterocycles. The molecule has 9 heteroatoms. The van der Waals surface area contributed by atoms with E-state index < -0.39 is 16.7 Å². The molecule has 2 N–H and O–H groups in total. The fraction of sp³-hybridized carbons (Fsp3) is 0.375. The van der Waals surface area contributed by atoms with Crippen LogP contribution in [0.5, 0.6) is 11.5 Å². The topological polar surface area (TPSA) is 115 Å². The Balaban J connectivity index is 1.42. The van der Waals surface area contributed by atoms with Gasteiger partial charge in [0.25, 0.3) is 11.8 Å². The van der Waals surface area contributed by atoms with Gasteiger partial charge in [-0.15, -0.1) is 0 Å². The summed E-state index contributed by atoms with van der Waals surface area (Å²) in [7, 11) is 0. The molecule has 6 rings (SSSR count). The van der Waals surface area contributed by atoms with Gasteiger partial charge in [-0.25, -0.2) is 9.97 Å². The van der Waals surface area contributed by atoms with E-state index in [0.717, 1.165) is 12.1 Å². The Labute approximate surface area is 189 Å². The van der Waals surface area contributed by atoms with Crippen molar-refractivity contribution < 1.29 is 19.1 Å². The zero-order valence-electron chi connectivity index (χ0n) is 18.6. The average molecular weight is 445 g/mol. The number of nitrogens with zero attached hydrogens (tertiary/aromatic N) is 3. The van der Waals surface area contributed by atoms with Crippen LogP contribution in [0.3, 0.4) is 0 Å². The third-order valence-corrected chi connectivity index (χ3v) is 8.11. The maximum atomic E-state index is 13.7. The van der Waals surface area contributed by atoms with Crippen molar-refractivity contribution in [2.24, 2.45) is 5.41 Å². The molecule has 1 aromatic carbocycles. The molecule has 1 saturated carbocycles. The smallest absolute Gasteiger partial charge is 0.288 e. The lowest BCUT2D eigenvalue weighted by molar-refractivity contribution is -0.131. The lowest BCUT2D eigenvalue weighted by Crippen LogP contribution is -2.55. The minimum absolute atomic E-state index is 0.165. The number of fused-ring (bicyclic) bond motifs is 7. The van der Waals surface area contributed by atoms with Gasteiger partial charge in [0.15, 0.2) is 11.5 Å². The number of hydrazine groups is 1. The van der Waals surface area contributed by atoms with E-state index in [1.165, 1.54) is 6.20 Å². The second kappa shape index (κ2) is 6.40. The molecule has 2 aliphatic carbocycles. The summed E-state index contributed by atoms with van der Waals surface area (Å²) in [5.41, 5.74) is 6.49. The Hall–Kier alpha value is -3.75. The number of carbonyl (C=O) groups is 2. The standard InChI is InChI=1S/C24H23N5O4/c1-22(2)23(3)7-8-24(22,21(31)29-28-20(30)13-6-4-5-9-25-13)19-18(23)26-14-10-16-17(33-12-32-16)11-15(14)27-19/h4-6,9-11H,7-8,12H2,1-3H3,(H,28,30)(H,29,31). The number of pyridine rings is 1. The van der Waals surface area contributed by atoms with Crippen molar-refractivity contribution in [2.45, 2.75) is 44.4 Å². The number of rotatable bonds is 2. The fourth-order valence-corrected chi connectivity index (χ4v) is 5.78. The summed E-state index contributed by atoms with van der Waals surface area (Å²) in [5.74, 6) is 0.489. The van der Waals surface area contributed by atoms with Gasteiger partial charge in [0.2, 0.25) is 6.79 Å². The highest BCUT2D eigenvalue weighted by Crippen LogP contribution is 2.70. The molecule has 168 valence electrons. The summed E-state index contributed by atoms with van der Waals surface area (Å²) in [5, 5.41) is 0. The van der Waals surface area contributed by atoms with Crippen LogP contribution in [-0.2, 0) is 15.6 Å². The first-order valence-electron chi connectivity index (χ1n) is 10.9. The minimum atomic E-state index is -0.938. The number of ether oxygens (including phenoxy) is 2. The predicted octanol–water partition coefficient (Wildman–Crippen LogP) is 2.54. The lowest BCUT2D eigenvalue weighted by atomic mass is 9.63. The van der Waals surface area contributed by atoms with E-state index in [0.29, 0.717) is 34.6 Å². The second-order valence-electron chi connectivity index (χ2n) is 9.60. The van der Waals surface area contributed by atoms with E-state index in [9.17, 15) is 9.59 Å². The monoisotopic (exact) mass is 445 g/mol. The summed E-state index contributed by atoms with van der Waals surface area (Å²) in [6.45, 7) is 6.48. The summed E-state index contributed by atoms with van der Waals surface area (Å²) in [4.78, 5) is 40.2. The van der Waals surface area contributed by atoms with Crippen LogP contribution >= 0.6 is 0 Å². The highest BCUT2D eigenvalue weighted by molar-refractivity contribution is 5.97. The molecule has 9 nitrogen and oxygen atoms in total. The maximum absolute atomic E-state index is 13.7. The first-order chi connectivity index (χ1) is 15.8. The van der Waals surface area contributed by atoms with Gasteiger partial charge in [0, 0.05) is 23.7 Å². The number of benzene rings is 1. The molecule has 3 aliphatic rings. The van der Waals surface area contributed by atoms with Crippen LogP contribution in [0, 0.1) is 5.41 Å². The molecule has 0 radical (unpaired) electrons. The Kier molecular flexibility index (Phi) is 3.86. The maximum Gasteiger partial charge on any atom is 0.288 e. The molecular weight excluding hydrogens is 422 g/mol. The highest BCUT2D eigenvalue weighted by atomic mass is 16.7. The van der Waals surface area contributed by atoms with Crippen molar-refractivity contribution in [2.75, 3.05) is 6.79 Å². The molecule has 3 aromatic rings. The Morgan fingerprint density at radius 3 is 2.30 bits per heavy atom. The largest absolute Gasteiger partial charge is 0.454 e. The SMILES string of the molecule is CC12CCC(C(=O)NNC(=O)c3ccccn3)(c3nc4cc5c(cc4nc31)OCO5)C2(C)C. The molecule has 33 heavy (non-hydrogen) atoms. The quantitative estimate of drug-likeness (QED) is 0.583. The highest BCUT2D eigenvalue weighted by Gasteiger charge is 2.73. The van der Waals surface area contributed by atoms with Crippen LogP contribution in [0.2, 0.25) is 0 Å². The Bertz CT molecular complexity index is 1340. The molecule has 0 spiro atoms. The number of hydrogen-bond donors (Lipinski definition) is 2. The van der Waals surface area contributed by atoms with E-state index in [-0.39, 0.29) is 23.8 Å². The third-order valence-electron chi connectivity index (χ3n) is 8.11. The third kappa shape index (κ3) is 2.39. The molecule has 2 atom stereocenters. The number of aromatic nitrogens is 3. The molecule has 0 saturated heterocycles. The van der Waals surface area contributed by atoms with Gasteiger partial charge in [-0.05, 0) is 30.4 Å². The van der Waals surface area contributed by atoms with Crippen LogP contribution in [0.4, 0.5) is 0 Å². The molecule has 2 unspecified atom stereocenters. The van der Waals surface area contributed by atoms with Gasteiger partial charge in [-0.1, -0.05) is 26.8 Å². The van der Waals surface area contributed by atoms with Crippen LogP contribution in [-0.4, -0.2) is 33.6 Å². The van der Waals surface area contributed by atoms with Crippen molar-refractivity contribution in [3.8, 4) is 11.5 Å². The molecule has 2 bridgehead atoms. The van der Waals surface area contributed by atoms with Gasteiger partial charge in [-0.3, -0.25) is 25.4 Å². The predicted molar refractivity (Wildman–Crippen MR) is 118 cm³/mol. The number of hydrogen-bond acceptors (Lipinski definition) is 7. The van der Waals surface area contributed by atoms with Crippen molar-refractivity contribution >= 4 is 22.8 Å². The van der Waals surface area contributed by atoms with Crippen molar-refractivity contribution in [3.63, 3.8) is 0 Å². The number of nitrogens with one attached hydrogen (secondary N) is 2. The Morgan fingerprint density at radius 2 is 1.64 bits per heavy atom. The van der Waals surface area contributed by atoms with E-state index in [2.05, 4.69) is 36.6 Å².